The number of hydrogen-bond acceptors (Lipinski definition) is 3. The fraction of sp³-hybridized carbons (Fsp3) is 0.667. The molecule has 1 aromatic heterocycles. The van der Waals surface area contributed by atoms with Crippen LogP contribution in [-0.2, 0) is 11.3 Å². The molecule has 2 fully saturated rings. The highest BCUT2D eigenvalue weighted by atomic mass is 32.1. The first-order chi connectivity index (χ1) is 9.81. The van der Waals surface area contributed by atoms with Crippen LogP contribution in [0.15, 0.2) is 21.8 Å². The quantitative estimate of drug-likeness (QED) is 0.686. The van der Waals surface area contributed by atoms with E-state index in [1.54, 1.807) is 11.3 Å². The maximum atomic E-state index is 5.60. The van der Waals surface area contributed by atoms with E-state index in [0.29, 0.717) is 5.41 Å². The van der Waals surface area contributed by atoms with Crippen molar-refractivity contribution in [2.45, 2.75) is 26.3 Å². The molecule has 1 spiro atoms. The first kappa shape index (κ1) is 13.9. The number of aliphatic imine (C=N–C) groups is 1. The zero-order valence-electron chi connectivity index (χ0n) is 12.1. The molecule has 0 bridgehead atoms. The van der Waals surface area contributed by atoms with Gasteiger partial charge in [-0.05, 0) is 42.2 Å². The average molecular weight is 293 g/mol. The van der Waals surface area contributed by atoms with Crippen LogP contribution in [-0.4, -0.2) is 43.7 Å². The van der Waals surface area contributed by atoms with Crippen molar-refractivity contribution >= 4 is 17.3 Å². The molecule has 3 rings (SSSR count). The van der Waals surface area contributed by atoms with Gasteiger partial charge in [0.15, 0.2) is 5.96 Å². The lowest BCUT2D eigenvalue weighted by Crippen LogP contribution is -2.41. The molecule has 3 heterocycles. The van der Waals surface area contributed by atoms with Crippen molar-refractivity contribution in [3.8, 4) is 0 Å². The molecule has 4 nitrogen and oxygen atoms in total. The fourth-order valence-corrected chi connectivity index (χ4v) is 3.72. The number of rotatable bonds is 3. The summed E-state index contributed by atoms with van der Waals surface area (Å²) < 4.78 is 5.60. The van der Waals surface area contributed by atoms with E-state index < -0.39 is 0 Å². The van der Waals surface area contributed by atoms with Gasteiger partial charge in [-0.2, -0.15) is 11.3 Å². The summed E-state index contributed by atoms with van der Waals surface area (Å²) in [7, 11) is 0. The largest absolute Gasteiger partial charge is 0.381 e. The van der Waals surface area contributed by atoms with E-state index in [9.17, 15) is 0 Å². The molecule has 0 radical (unpaired) electrons. The topological polar surface area (TPSA) is 36.9 Å². The second kappa shape index (κ2) is 6.14. The number of ether oxygens (including phenoxy) is 1. The predicted molar refractivity (Wildman–Crippen MR) is 83.2 cm³/mol. The molecule has 0 aliphatic carbocycles. The lowest BCUT2D eigenvalue weighted by atomic mass is 9.87. The van der Waals surface area contributed by atoms with E-state index in [1.165, 1.54) is 18.4 Å². The lowest BCUT2D eigenvalue weighted by Gasteiger charge is -2.24. The van der Waals surface area contributed by atoms with Crippen molar-refractivity contribution < 1.29 is 4.74 Å². The average Bonchev–Trinajstić information content (AvgIpc) is 3.18. The van der Waals surface area contributed by atoms with E-state index in [1.807, 2.05) is 0 Å². The van der Waals surface area contributed by atoms with E-state index in [0.717, 1.165) is 45.4 Å². The second-order valence-corrected chi connectivity index (χ2v) is 6.56. The van der Waals surface area contributed by atoms with Gasteiger partial charge in [-0.15, -0.1) is 0 Å². The van der Waals surface area contributed by atoms with Crippen LogP contribution in [0.25, 0.3) is 0 Å². The number of nitrogens with one attached hydrogen (secondary N) is 1. The molecule has 2 saturated heterocycles. The van der Waals surface area contributed by atoms with Crippen LogP contribution >= 0.6 is 11.3 Å². The third kappa shape index (κ3) is 2.99. The van der Waals surface area contributed by atoms with Crippen LogP contribution in [0.4, 0.5) is 0 Å². The number of guanidine groups is 1. The van der Waals surface area contributed by atoms with Gasteiger partial charge in [-0.3, -0.25) is 0 Å². The minimum Gasteiger partial charge on any atom is -0.381 e. The number of thiophene rings is 1. The molecule has 20 heavy (non-hydrogen) atoms. The number of nitrogens with zero attached hydrogens (tertiary/aromatic N) is 2. The van der Waals surface area contributed by atoms with Crippen LogP contribution in [0.3, 0.4) is 0 Å². The van der Waals surface area contributed by atoms with Crippen molar-refractivity contribution in [2.24, 2.45) is 10.4 Å². The molecule has 110 valence electrons. The van der Waals surface area contributed by atoms with E-state index in [4.69, 9.17) is 9.73 Å². The molecule has 1 aromatic rings. The summed E-state index contributed by atoms with van der Waals surface area (Å²) in [6.07, 6.45) is 2.43. The van der Waals surface area contributed by atoms with E-state index in [2.05, 4.69) is 34.0 Å². The lowest BCUT2D eigenvalue weighted by molar-refractivity contribution is 0.156. The molecule has 2 aliphatic rings. The third-order valence-corrected chi connectivity index (χ3v) is 4.98. The molecule has 1 N–H and O–H groups in total. The van der Waals surface area contributed by atoms with Gasteiger partial charge in [0, 0.05) is 31.7 Å². The summed E-state index contributed by atoms with van der Waals surface area (Å²) in [6.45, 7) is 7.85. The smallest absolute Gasteiger partial charge is 0.194 e. The van der Waals surface area contributed by atoms with Gasteiger partial charge < -0.3 is 15.0 Å². The van der Waals surface area contributed by atoms with Crippen LogP contribution in [0, 0.1) is 5.41 Å². The Labute approximate surface area is 124 Å². The molecule has 0 amide bonds. The zero-order valence-corrected chi connectivity index (χ0v) is 12.9. The van der Waals surface area contributed by atoms with Crippen molar-refractivity contribution in [3.05, 3.63) is 22.4 Å². The normalized spacial score (nSPS) is 26.6. The van der Waals surface area contributed by atoms with Crippen molar-refractivity contribution in [2.75, 3.05) is 32.8 Å². The van der Waals surface area contributed by atoms with Gasteiger partial charge >= 0.3 is 0 Å². The molecule has 2 aliphatic heterocycles. The molecule has 1 atom stereocenters. The summed E-state index contributed by atoms with van der Waals surface area (Å²) in [5.74, 6) is 1.06. The van der Waals surface area contributed by atoms with Crippen LogP contribution in [0.5, 0.6) is 0 Å². The summed E-state index contributed by atoms with van der Waals surface area (Å²) in [6, 6.07) is 2.15. The van der Waals surface area contributed by atoms with Gasteiger partial charge in [0.1, 0.15) is 0 Å². The Morgan fingerprint density at radius 3 is 3.20 bits per heavy atom. The summed E-state index contributed by atoms with van der Waals surface area (Å²) in [5.41, 5.74) is 1.68. The highest BCUT2D eigenvalue weighted by molar-refractivity contribution is 7.07. The van der Waals surface area contributed by atoms with Crippen molar-refractivity contribution in [1.82, 2.24) is 10.2 Å². The van der Waals surface area contributed by atoms with Crippen molar-refractivity contribution in [1.29, 1.82) is 0 Å². The first-order valence-electron chi connectivity index (χ1n) is 7.43. The first-order valence-corrected chi connectivity index (χ1v) is 8.38. The standard InChI is InChI=1S/C15H23N3OS/c1-2-16-14(17-9-13-3-8-20-10-13)18-6-4-15(11-18)5-7-19-12-15/h3,8,10H,2,4-7,9,11-12H2,1H3,(H,16,17). The van der Waals surface area contributed by atoms with E-state index >= 15 is 0 Å². The Kier molecular flexibility index (Phi) is 4.27. The molecule has 1 unspecified atom stereocenters. The molecule has 0 aromatic carbocycles. The third-order valence-electron chi connectivity index (χ3n) is 4.25. The summed E-state index contributed by atoms with van der Waals surface area (Å²) in [5, 5.41) is 7.71. The zero-order chi connectivity index (χ0) is 13.8. The second-order valence-electron chi connectivity index (χ2n) is 5.78. The molecular formula is C15H23N3OS. The van der Waals surface area contributed by atoms with Gasteiger partial charge in [0.2, 0.25) is 0 Å². The fourth-order valence-electron chi connectivity index (χ4n) is 3.06. The SMILES string of the molecule is CCNC(=NCc1ccsc1)N1CCC2(CCOC2)C1. The Balaban J connectivity index is 1.66. The van der Waals surface area contributed by atoms with Crippen molar-refractivity contribution in [3.63, 3.8) is 0 Å². The number of likely N-dealkylation sites (tertiary alicyclic amines) is 1. The van der Waals surface area contributed by atoms with E-state index in [-0.39, 0.29) is 0 Å². The minimum absolute atomic E-state index is 0.387. The van der Waals surface area contributed by atoms with Gasteiger partial charge in [0.25, 0.3) is 0 Å². The molecule has 5 heteroatoms. The Hall–Kier alpha value is -1.07. The Morgan fingerprint density at radius 2 is 2.50 bits per heavy atom. The number of hydrogen-bond donors (Lipinski definition) is 1. The predicted octanol–water partition coefficient (Wildman–Crippen LogP) is 2.33. The minimum atomic E-state index is 0.387. The summed E-state index contributed by atoms with van der Waals surface area (Å²) >= 11 is 1.73. The monoisotopic (exact) mass is 293 g/mol. The highest BCUT2D eigenvalue weighted by Gasteiger charge is 2.42. The molecular weight excluding hydrogens is 270 g/mol. The molecule has 0 saturated carbocycles. The highest BCUT2D eigenvalue weighted by Crippen LogP contribution is 2.38. The van der Waals surface area contributed by atoms with Crippen LogP contribution in [0.1, 0.15) is 25.3 Å². The Bertz CT molecular complexity index is 452. The maximum Gasteiger partial charge on any atom is 0.194 e. The van der Waals surface area contributed by atoms with Crippen LogP contribution < -0.4 is 5.32 Å². The summed E-state index contributed by atoms with van der Waals surface area (Å²) in [4.78, 5) is 7.20. The Morgan fingerprint density at radius 1 is 1.55 bits per heavy atom. The van der Waals surface area contributed by atoms with Gasteiger partial charge in [-0.1, -0.05) is 0 Å². The van der Waals surface area contributed by atoms with Gasteiger partial charge in [0.05, 0.1) is 13.2 Å². The van der Waals surface area contributed by atoms with Crippen LogP contribution in [0.2, 0.25) is 0 Å². The maximum absolute atomic E-state index is 5.60. The van der Waals surface area contributed by atoms with Gasteiger partial charge in [-0.25, -0.2) is 4.99 Å².